The lowest BCUT2D eigenvalue weighted by Crippen LogP contribution is -2.49. The zero-order chi connectivity index (χ0) is 22.8. The van der Waals surface area contributed by atoms with Gasteiger partial charge < -0.3 is 10.2 Å². The van der Waals surface area contributed by atoms with Crippen LogP contribution < -0.4 is 5.32 Å². The van der Waals surface area contributed by atoms with Crippen LogP contribution in [-0.4, -0.2) is 69.0 Å². The topological polar surface area (TPSA) is 143 Å². The van der Waals surface area contributed by atoms with Crippen LogP contribution in [0.3, 0.4) is 0 Å². The van der Waals surface area contributed by atoms with E-state index in [9.17, 15) is 29.3 Å². The van der Waals surface area contributed by atoms with Crippen LogP contribution in [0.25, 0.3) is 0 Å². The Labute approximate surface area is 182 Å². The minimum atomic E-state index is -0.723. The molecule has 0 spiro atoms. The molecular weight excluding hydrogens is 418 g/mol. The largest absolute Gasteiger partial charge is 0.348 e. The van der Waals surface area contributed by atoms with Crippen molar-refractivity contribution in [2.45, 2.75) is 18.9 Å². The zero-order valence-electron chi connectivity index (χ0n) is 16.9. The highest BCUT2D eigenvalue weighted by Gasteiger charge is 2.39. The van der Waals surface area contributed by atoms with Gasteiger partial charge in [-0.2, -0.15) is 0 Å². The summed E-state index contributed by atoms with van der Waals surface area (Å²) in [5.74, 6) is -2.05. The highest BCUT2D eigenvalue weighted by molar-refractivity contribution is 6.22. The number of carbonyl (C=O) groups excluding carboxylic acids is 4. The van der Waals surface area contributed by atoms with Crippen molar-refractivity contribution in [1.82, 2.24) is 20.1 Å². The molecule has 11 nitrogen and oxygen atoms in total. The van der Waals surface area contributed by atoms with Crippen LogP contribution in [0.5, 0.6) is 0 Å². The first-order valence-electron chi connectivity index (χ1n) is 9.99. The molecule has 0 unspecified atom stereocenters. The Balaban J connectivity index is 1.33. The lowest BCUT2D eigenvalue weighted by molar-refractivity contribution is -0.384. The van der Waals surface area contributed by atoms with E-state index in [1.54, 1.807) is 18.2 Å². The standard InChI is InChI=1S/C21H19N5O6/c27-18(12-25-20(29)15-5-4-14(26(31)32)11-16(15)21(25)30)24-9-6-13(7-10-24)23-19(28)17-3-1-2-8-22-17/h1-5,8,11,13H,6-7,9-10,12H2,(H,23,28). The van der Waals surface area contributed by atoms with Gasteiger partial charge in [-0.05, 0) is 31.0 Å². The lowest BCUT2D eigenvalue weighted by Gasteiger charge is -2.33. The quantitative estimate of drug-likeness (QED) is 0.418. The molecule has 1 fully saturated rings. The van der Waals surface area contributed by atoms with Crippen molar-refractivity contribution in [3.63, 3.8) is 0 Å². The fraction of sp³-hybridized carbons (Fsp3) is 0.286. The number of pyridine rings is 1. The summed E-state index contributed by atoms with van der Waals surface area (Å²) in [5.41, 5.74) is -0.0120. The van der Waals surface area contributed by atoms with Gasteiger partial charge in [0.15, 0.2) is 0 Å². The number of nitro benzene ring substituents is 1. The molecule has 0 saturated carbocycles. The van der Waals surface area contributed by atoms with E-state index < -0.39 is 29.2 Å². The molecule has 0 atom stereocenters. The van der Waals surface area contributed by atoms with Crippen LogP contribution in [0.4, 0.5) is 5.69 Å². The van der Waals surface area contributed by atoms with Crippen LogP contribution in [0.1, 0.15) is 44.0 Å². The minimum Gasteiger partial charge on any atom is -0.348 e. The number of benzene rings is 1. The van der Waals surface area contributed by atoms with Gasteiger partial charge in [0.1, 0.15) is 12.2 Å². The fourth-order valence-electron chi connectivity index (χ4n) is 3.80. The number of amides is 4. The molecule has 4 amide bonds. The summed E-state index contributed by atoms with van der Waals surface area (Å²) in [4.78, 5) is 66.7. The number of nitrogens with one attached hydrogen (secondary N) is 1. The number of likely N-dealkylation sites (tertiary alicyclic amines) is 1. The van der Waals surface area contributed by atoms with Gasteiger partial charge in [0.25, 0.3) is 23.4 Å². The third-order valence-electron chi connectivity index (χ3n) is 5.54. The van der Waals surface area contributed by atoms with E-state index in [-0.39, 0.29) is 28.8 Å². The number of imide groups is 1. The highest BCUT2D eigenvalue weighted by atomic mass is 16.6. The smallest absolute Gasteiger partial charge is 0.270 e. The maximum Gasteiger partial charge on any atom is 0.270 e. The van der Waals surface area contributed by atoms with E-state index in [0.717, 1.165) is 17.0 Å². The normalized spacial score (nSPS) is 16.1. The number of piperidine rings is 1. The van der Waals surface area contributed by atoms with Crippen LogP contribution in [0.15, 0.2) is 42.6 Å². The van der Waals surface area contributed by atoms with Gasteiger partial charge in [0.2, 0.25) is 5.91 Å². The lowest BCUT2D eigenvalue weighted by atomic mass is 10.0. The predicted molar refractivity (Wildman–Crippen MR) is 110 cm³/mol. The number of nitro groups is 1. The molecule has 4 rings (SSSR count). The second-order valence-corrected chi connectivity index (χ2v) is 7.53. The third-order valence-corrected chi connectivity index (χ3v) is 5.54. The number of nitrogens with zero attached hydrogens (tertiary/aromatic N) is 4. The number of aromatic nitrogens is 1. The number of carbonyl (C=O) groups is 4. The summed E-state index contributed by atoms with van der Waals surface area (Å²) in [6.45, 7) is 0.284. The fourth-order valence-corrected chi connectivity index (χ4v) is 3.80. The van der Waals surface area contributed by atoms with Crippen molar-refractivity contribution in [1.29, 1.82) is 0 Å². The Hall–Kier alpha value is -4.15. The van der Waals surface area contributed by atoms with Gasteiger partial charge in [0.05, 0.1) is 16.1 Å². The van der Waals surface area contributed by atoms with Crippen molar-refractivity contribution in [2.75, 3.05) is 19.6 Å². The van der Waals surface area contributed by atoms with E-state index in [4.69, 9.17) is 0 Å². The molecule has 1 N–H and O–H groups in total. The van der Waals surface area contributed by atoms with Gasteiger partial charge in [-0.15, -0.1) is 0 Å². The van der Waals surface area contributed by atoms with Crippen molar-refractivity contribution in [2.24, 2.45) is 0 Å². The Morgan fingerprint density at radius 3 is 2.47 bits per heavy atom. The Bertz CT molecular complexity index is 1110. The molecule has 0 bridgehead atoms. The van der Waals surface area contributed by atoms with Gasteiger partial charge in [0, 0.05) is 37.5 Å². The van der Waals surface area contributed by atoms with Crippen molar-refractivity contribution in [3.8, 4) is 0 Å². The molecule has 3 heterocycles. The second-order valence-electron chi connectivity index (χ2n) is 7.53. The molecule has 1 aromatic heterocycles. The third kappa shape index (κ3) is 4.04. The summed E-state index contributed by atoms with van der Waals surface area (Å²) in [6.07, 6.45) is 2.59. The van der Waals surface area contributed by atoms with E-state index in [0.29, 0.717) is 31.6 Å². The molecule has 0 radical (unpaired) electrons. The summed E-state index contributed by atoms with van der Waals surface area (Å²) in [5, 5.41) is 13.8. The molecule has 2 aliphatic heterocycles. The van der Waals surface area contributed by atoms with Gasteiger partial charge in [-0.1, -0.05) is 6.07 Å². The number of hydrogen-bond acceptors (Lipinski definition) is 7. The van der Waals surface area contributed by atoms with Gasteiger partial charge in [-0.3, -0.25) is 39.2 Å². The second kappa shape index (κ2) is 8.53. The Kier molecular flexibility index (Phi) is 5.63. The van der Waals surface area contributed by atoms with E-state index >= 15 is 0 Å². The van der Waals surface area contributed by atoms with Crippen molar-refractivity contribution in [3.05, 3.63) is 69.5 Å². The first kappa shape index (κ1) is 21.1. The van der Waals surface area contributed by atoms with E-state index in [1.807, 2.05) is 0 Å². The first-order chi connectivity index (χ1) is 15.3. The van der Waals surface area contributed by atoms with Crippen LogP contribution in [0, 0.1) is 10.1 Å². The molecule has 2 aromatic rings. The first-order valence-corrected chi connectivity index (χ1v) is 9.99. The van der Waals surface area contributed by atoms with Gasteiger partial charge >= 0.3 is 0 Å². The molecular formula is C21H19N5O6. The summed E-state index contributed by atoms with van der Waals surface area (Å²) in [7, 11) is 0. The SMILES string of the molecule is O=C(NC1CCN(C(=O)CN2C(=O)c3ccc([N+](=O)[O-])cc3C2=O)CC1)c1ccccn1. The average molecular weight is 437 g/mol. The predicted octanol–water partition coefficient (Wildman–Crippen LogP) is 1.01. The minimum absolute atomic E-state index is 0.0457. The van der Waals surface area contributed by atoms with E-state index in [2.05, 4.69) is 10.3 Å². The Morgan fingerprint density at radius 2 is 1.81 bits per heavy atom. The number of non-ortho nitro benzene ring substituents is 1. The zero-order valence-corrected chi connectivity index (χ0v) is 16.9. The number of fused-ring (bicyclic) bond motifs is 1. The highest BCUT2D eigenvalue weighted by Crippen LogP contribution is 2.27. The van der Waals surface area contributed by atoms with Crippen LogP contribution in [0.2, 0.25) is 0 Å². The monoisotopic (exact) mass is 437 g/mol. The van der Waals surface area contributed by atoms with Crippen molar-refractivity contribution >= 4 is 29.3 Å². The Morgan fingerprint density at radius 1 is 1.09 bits per heavy atom. The molecule has 1 saturated heterocycles. The number of hydrogen-bond donors (Lipinski definition) is 1. The average Bonchev–Trinajstić information content (AvgIpc) is 3.04. The molecule has 32 heavy (non-hydrogen) atoms. The molecule has 164 valence electrons. The maximum absolute atomic E-state index is 12.7. The van der Waals surface area contributed by atoms with Crippen LogP contribution in [-0.2, 0) is 4.79 Å². The maximum atomic E-state index is 12.7. The number of rotatable bonds is 5. The van der Waals surface area contributed by atoms with E-state index in [1.165, 1.54) is 17.2 Å². The van der Waals surface area contributed by atoms with Crippen LogP contribution >= 0.6 is 0 Å². The molecule has 11 heteroatoms. The summed E-state index contributed by atoms with van der Waals surface area (Å²) < 4.78 is 0. The molecule has 0 aliphatic carbocycles. The molecule has 1 aromatic carbocycles. The van der Waals surface area contributed by atoms with Gasteiger partial charge in [-0.25, -0.2) is 0 Å². The molecule has 2 aliphatic rings. The summed E-state index contributed by atoms with van der Waals surface area (Å²) >= 11 is 0. The van der Waals surface area contributed by atoms with Crippen molar-refractivity contribution < 1.29 is 24.1 Å². The summed E-state index contributed by atoms with van der Waals surface area (Å²) in [6, 6.07) is 8.37.